The van der Waals surface area contributed by atoms with E-state index in [1.807, 2.05) is 42.6 Å². The van der Waals surface area contributed by atoms with E-state index in [0.717, 1.165) is 70.5 Å². The Kier molecular flexibility index (Phi) is 6.75. The number of amides is 3. The number of halogens is 1. The number of benzene rings is 2. The molecule has 4 heterocycles. The van der Waals surface area contributed by atoms with Crippen molar-refractivity contribution in [3.8, 4) is 11.1 Å². The van der Waals surface area contributed by atoms with E-state index in [1.165, 1.54) is 4.90 Å². The number of urea groups is 1. The van der Waals surface area contributed by atoms with Gasteiger partial charge in [-0.3, -0.25) is 14.5 Å². The number of rotatable bonds is 4. The summed E-state index contributed by atoms with van der Waals surface area (Å²) in [4.78, 5) is 32.8. The number of nitrogens with one attached hydrogen (secondary N) is 2. The molecule has 41 heavy (non-hydrogen) atoms. The first-order chi connectivity index (χ1) is 20.0. The molecule has 3 fully saturated rings. The van der Waals surface area contributed by atoms with Crippen LogP contribution in [0.4, 0.5) is 10.5 Å². The van der Waals surface area contributed by atoms with Crippen molar-refractivity contribution in [2.45, 2.75) is 57.0 Å². The third-order valence-corrected chi connectivity index (χ3v) is 9.57. The second kappa shape index (κ2) is 10.6. The molecule has 2 aromatic carbocycles. The Morgan fingerprint density at radius 3 is 2.61 bits per heavy atom. The van der Waals surface area contributed by atoms with Gasteiger partial charge in [0.05, 0.1) is 30.0 Å². The van der Waals surface area contributed by atoms with Gasteiger partial charge in [0.15, 0.2) is 0 Å². The minimum atomic E-state index is -0.395. The van der Waals surface area contributed by atoms with Crippen LogP contribution in [0.1, 0.15) is 55.3 Å². The maximum absolute atomic E-state index is 13.8. The second-order valence-electron chi connectivity index (χ2n) is 11.5. The molecule has 3 amide bonds. The van der Waals surface area contributed by atoms with Crippen molar-refractivity contribution in [1.82, 2.24) is 25.4 Å². The predicted molar refractivity (Wildman–Crippen MR) is 160 cm³/mol. The fourth-order valence-electron chi connectivity index (χ4n) is 7.18. The Hall–Kier alpha value is -3.75. The molecule has 2 saturated heterocycles. The van der Waals surface area contributed by atoms with Crippen LogP contribution in [-0.2, 0) is 4.79 Å². The first-order valence-corrected chi connectivity index (χ1v) is 14.9. The maximum Gasteiger partial charge on any atom is 0.329 e. The van der Waals surface area contributed by atoms with E-state index in [-0.39, 0.29) is 23.8 Å². The largest absolute Gasteiger partial charge is 0.334 e. The third kappa shape index (κ3) is 4.50. The lowest BCUT2D eigenvalue weighted by atomic mass is 9.72. The van der Waals surface area contributed by atoms with Crippen LogP contribution < -0.4 is 15.5 Å². The lowest BCUT2D eigenvalue weighted by Gasteiger charge is -2.43. The molecule has 0 spiro atoms. The molecule has 4 aromatic rings. The van der Waals surface area contributed by atoms with Crippen molar-refractivity contribution >= 4 is 40.0 Å². The fraction of sp³-hybridized carbons (Fsp3) is 0.375. The molecule has 3 unspecified atom stereocenters. The van der Waals surface area contributed by atoms with E-state index in [4.69, 9.17) is 16.7 Å². The minimum absolute atomic E-state index is 0.112. The molecule has 3 atom stereocenters. The zero-order valence-corrected chi connectivity index (χ0v) is 23.8. The molecule has 2 aromatic heterocycles. The van der Waals surface area contributed by atoms with Crippen molar-refractivity contribution in [3.05, 3.63) is 77.3 Å². The number of fused-ring (bicyclic) bond motifs is 2. The molecule has 0 radical (unpaired) electrons. The Labute approximate surface area is 244 Å². The highest BCUT2D eigenvalue weighted by Gasteiger charge is 2.46. The summed E-state index contributed by atoms with van der Waals surface area (Å²) < 4.78 is 2.18. The highest BCUT2D eigenvalue weighted by molar-refractivity contribution is 6.32. The van der Waals surface area contributed by atoms with Crippen LogP contribution in [-0.4, -0.2) is 45.8 Å². The van der Waals surface area contributed by atoms with Gasteiger partial charge in [-0.05, 0) is 75.2 Å². The van der Waals surface area contributed by atoms with Crippen molar-refractivity contribution in [2.75, 3.05) is 18.0 Å². The number of imide groups is 1. The normalized spacial score (nSPS) is 23.5. The van der Waals surface area contributed by atoms with Gasteiger partial charge in [-0.2, -0.15) is 5.10 Å². The zero-order chi connectivity index (χ0) is 28.1. The van der Waals surface area contributed by atoms with Crippen LogP contribution in [0.2, 0.25) is 5.02 Å². The molecular formula is C32H33ClN6O2. The Morgan fingerprint density at radius 1 is 0.927 bits per heavy atom. The summed E-state index contributed by atoms with van der Waals surface area (Å²) in [7, 11) is 0. The zero-order valence-electron chi connectivity index (χ0n) is 23.0. The van der Waals surface area contributed by atoms with E-state index >= 15 is 0 Å². The molecule has 2 N–H and O–H groups in total. The third-order valence-electron chi connectivity index (χ3n) is 9.24. The van der Waals surface area contributed by atoms with Gasteiger partial charge in [-0.15, -0.1) is 0 Å². The number of carbonyl (C=O) groups excluding carboxylic acids is 2. The molecular weight excluding hydrogens is 536 g/mol. The van der Waals surface area contributed by atoms with E-state index in [9.17, 15) is 9.59 Å². The molecule has 7 rings (SSSR count). The first-order valence-electron chi connectivity index (χ1n) is 14.5. The number of hydrogen-bond donors (Lipinski definition) is 2. The topological polar surface area (TPSA) is 92.2 Å². The van der Waals surface area contributed by atoms with Crippen molar-refractivity contribution in [3.63, 3.8) is 0 Å². The van der Waals surface area contributed by atoms with Crippen LogP contribution in [0.25, 0.3) is 21.9 Å². The summed E-state index contributed by atoms with van der Waals surface area (Å²) in [5, 5.41) is 13.9. The average molecular weight is 569 g/mol. The summed E-state index contributed by atoms with van der Waals surface area (Å²) in [6.45, 7) is 4.15. The number of piperidine rings is 1. The predicted octanol–water partition coefficient (Wildman–Crippen LogP) is 5.99. The van der Waals surface area contributed by atoms with Crippen LogP contribution in [0, 0.1) is 12.8 Å². The van der Waals surface area contributed by atoms with E-state index in [0.29, 0.717) is 24.6 Å². The number of aromatic nitrogens is 3. The fourth-order valence-corrected chi connectivity index (χ4v) is 7.51. The van der Waals surface area contributed by atoms with E-state index < -0.39 is 6.03 Å². The monoisotopic (exact) mass is 568 g/mol. The summed E-state index contributed by atoms with van der Waals surface area (Å²) in [5.41, 5.74) is 4.95. The summed E-state index contributed by atoms with van der Waals surface area (Å²) in [6.07, 6.45) is 9.59. The lowest BCUT2D eigenvalue weighted by Crippen LogP contribution is -2.61. The van der Waals surface area contributed by atoms with Crippen LogP contribution in [0.5, 0.6) is 0 Å². The number of hydrogen-bond acceptors (Lipinski definition) is 5. The standard InChI is InChI=1S/C32H33ClN6O2/c1-19-26(17-36-39(19)22-11-13-34-14-12-22)24-7-4-8-27(33)30(24)20-9-10-25-28(15-20)37-32(41)38(31(25)40)29-18-35-16-21-5-2-3-6-23(21)29/h2-8,16-18,20,22,25,28,34H,9-15H2,1H3,(H,37,41). The van der Waals surface area contributed by atoms with Crippen molar-refractivity contribution in [1.29, 1.82) is 0 Å². The number of anilines is 1. The van der Waals surface area contributed by atoms with Crippen LogP contribution in [0.3, 0.4) is 0 Å². The molecule has 2 aliphatic heterocycles. The van der Waals surface area contributed by atoms with Gasteiger partial charge in [0.25, 0.3) is 0 Å². The van der Waals surface area contributed by atoms with Crippen molar-refractivity contribution < 1.29 is 9.59 Å². The lowest BCUT2D eigenvalue weighted by molar-refractivity contribution is -0.124. The smallest absolute Gasteiger partial charge is 0.329 e. The Morgan fingerprint density at radius 2 is 1.76 bits per heavy atom. The summed E-state index contributed by atoms with van der Waals surface area (Å²) >= 11 is 6.91. The van der Waals surface area contributed by atoms with E-state index in [1.54, 1.807) is 12.4 Å². The van der Waals surface area contributed by atoms with Crippen LogP contribution >= 0.6 is 11.6 Å². The molecule has 3 aliphatic rings. The Balaban J connectivity index is 1.17. The highest BCUT2D eigenvalue weighted by atomic mass is 35.5. The quantitative estimate of drug-likeness (QED) is 0.315. The van der Waals surface area contributed by atoms with Gasteiger partial charge >= 0.3 is 6.03 Å². The van der Waals surface area contributed by atoms with E-state index in [2.05, 4.69) is 33.3 Å². The molecule has 8 nitrogen and oxygen atoms in total. The average Bonchev–Trinajstić information content (AvgIpc) is 3.38. The molecule has 1 saturated carbocycles. The first kappa shape index (κ1) is 26.2. The van der Waals surface area contributed by atoms with Gasteiger partial charge in [0.1, 0.15) is 0 Å². The van der Waals surface area contributed by atoms with Gasteiger partial charge in [0.2, 0.25) is 5.91 Å². The number of carbonyl (C=O) groups is 2. The SMILES string of the molecule is Cc1c(-c2cccc(Cl)c2C2CCC3C(=O)N(c4cncc5ccccc45)C(=O)NC3C2)cnn1C1CCNCC1. The second-order valence-corrected chi connectivity index (χ2v) is 11.9. The number of nitrogens with zero attached hydrogens (tertiary/aromatic N) is 4. The molecule has 210 valence electrons. The van der Waals surface area contributed by atoms with Gasteiger partial charge in [-0.25, -0.2) is 9.69 Å². The minimum Gasteiger partial charge on any atom is -0.334 e. The van der Waals surface area contributed by atoms with Gasteiger partial charge < -0.3 is 10.6 Å². The van der Waals surface area contributed by atoms with Crippen LogP contribution in [0.15, 0.2) is 61.1 Å². The highest BCUT2D eigenvalue weighted by Crippen LogP contribution is 2.46. The maximum atomic E-state index is 13.8. The molecule has 9 heteroatoms. The molecule has 1 aliphatic carbocycles. The molecule has 0 bridgehead atoms. The van der Waals surface area contributed by atoms with Gasteiger partial charge in [0, 0.05) is 39.3 Å². The summed E-state index contributed by atoms with van der Waals surface area (Å²) in [6, 6.07) is 13.5. The van der Waals surface area contributed by atoms with Crippen molar-refractivity contribution in [2.24, 2.45) is 5.92 Å². The summed E-state index contributed by atoms with van der Waals surface area (Å²) in [5.74, 6) is -0.340. The Bertz CT molecular complexity index is 1640. The van der Waals surface area contributed by atoms with Gasteiger partial charge in [-0.1, -0.05) is 48.0 Å². The number of pyridine rings is 1.